The van der Waals surface area contributed by atoms with Crippen LogP contribution in [0.4, 0.5) is 10.2 Å². The highest BCUT2D eigenvalue weighted by molar-refractivity contribution is 5.93. The van der Waals surface area contributed by atoms with Crippen LogP contribution in [0.5, 0.6) is 0 Å². The topological polar surface area (TPSA) is 128 Å². The molecule has 0 aromatic carbocycles. The fraction of sp³-hybridized carbons (Fsp3) is 0.429. The molecule has 11 heteroatoms. The standard InChI is InChI=1S/C21H25FN8O2/c1-4-18(31)17-12-30(29-27-17)11-15(22)5-6-16-7-8-19(28-26-16)25-21(32)10-20-23-13(2)9-14(3)24-20/h7-9,12,15H,4-6,10-11H2,1-3H3,(H,25,28,32)/t15-/m1/s1. The van der Waals surface area contributed by atoms with Gasteiger partial charge in [0.15, 0.2) is 11.6 Å². The van der Waals surface area contributed by atoms with E-state index in [9.17, 15) is 14.0 Å². The molecule has 10 nitrogen and oxygen atoms in total. The van der Waals surface area contributed by atoms with E-state index in [1.165, 1.54) is 10.9 Å². The van der Waals surface area contributed by atoms with E-state index >= 15 is 0 Å². The molecule has 0 unspecified atom stereocenters. The van der Waals surface area contributed by atoms with Crippen LogP contribution in [0.15, 0.2) is 24.4 Å². The Morgan fingerprint density at radius 3 is 2.53 bits per heavy atom. The van der Waals surface area contributed by atoms with Crippen molar-refractivity contribution in [1.29, 1.82) is 0 Å². The first kappa shape index (κ1) is 23.0. The highest BCUT2D eigenvalue weighted by atomic mass is 19.1. The van der Waals surface area contributed by atoms with Crippen LogP contribution in [-0.4, -0.2) is 53.0 Å². The predicted molar refractivity (Wildman–Crippen MR) is 114 cm³/mol. The summed E-state index contributed by atoms with van der Waals surface area (Å²) in [5, 5.41) is 18.2. The molecule has 0 bridgehead atoms. The number of amides is 1. The van der Waals surface area contributed by atoms with Gasteiger partial charge in [0.05, 0.1) is 24.9 Å². The molecule has 0 aliphatic carbocycles. The van der Waals surface area contributed by atoms with Gasteiger partial charge in [-0.15, -0.1) is 10.2 Å². The Morgan fingerprint density at radius 1 is 1.12 bits per heavy atom. The van der Waals surface area contributed by atoms with Gasteiger partial charge >= 0.3 is 0 Å². The van der Waals surface area contributed by atoms with E-state index in [-0.39, 0.29) is 36.8 Å². The molecule has 168 valence electrons. The Bertz CT molecular complexity index is 1060. The number of ketones is 1. The molecule has 0 saturated heterocycles. The Kier molecular flexibility index (Phi) is 7.63. The zero-order chi connectivity index (χ0) is 23.1. The second-order valence-electron chi connectivity index (χ2n) is 7.44. The van der Waals surface area contributed by atoms with Crippen molar-refractivity contribution in [1.82, 2.24) is 35.2 Å². The van der Waals surface area contributed by atoms with Crippen molar-refractivity contribution in [3.8, 4) is 0 Å². The Morgan fingerprint density at radius 2 is 1.88 bits per heavy atom. The van der Waals surface area contributed by atoms with E-state index in [0.29, 0.717) is 30.2 Å². The smallest absolute Gasteiger partial charge is 0.233 e. The van der Waals surface area contributed by atoms with Crippen molar-refractivity contribution in [2.75, 3.05) is 5.32 Å². The summed E-state index contributed by atoms with van der Waals surface area (Å²) >= 11 is 0. The summed E-state index contributed by atoms with van der Waals surface area (Å²) in [6, 6.07) is 5.15. The molecule has 0 saturated carbocycles. The zero-order valence-corrected chi connectivity index (χ0v) is 18.2. The minimum atomic E-state index is -1.18. The van der Waals surface area contributed by atoms with Crippen molar-refractivity contribution >= 4 is 17.5 Å². The average molecular weight is 440 g/mol. The van der Waals surface area contributed by atoms with E-state index in [2.05, 4.69) is 35.8 Å². The maximum atomic E-state index is 14.3. The molecule has 3 rings (SSSR count). The van der Waals surface area contributed by atoms with Gasteiger partial charge in [-0.3, -0.25) is 9.59 Å². The van der Waals surface area contributed by atoms with Crippen LogP contribution in [0.2, 0.25) is 0 Å². The van der Waals surface area contributed by atoms with Crippen LogP contribution in [0.1, 0.15) is 53.2 Å². The summed E-state index contributed by atoms with van der Waals surface area (Å²) in [5.74, 6) is 0.318. The number of nitrogens with one attached hydrogen (secondary N) is 1. The van der Waals surface area contributed by atoms with Gasteiger partial charge in [0.25, 0.3) is 0 Å². The number of aromatic nitrogens is 7. The lowest BCUT2D eigenvalue weighted by atomic mass is 10.1. The summed E-state index contributed by atoms with van der Waals surface area (Å²) in [7, 11) is 0. The summed E-state index contributed by atoms with van der Waals surface area (Å²) in [5.41, 5.74) is 2.44. The number of aryl methyl sites for hydroxylation is 3. The predicted octanol–water partition coefficient (Wildman–Crippen LogP) is 2.22. The molecular weight excluding hydrogens is 415 g/mol. The van der Waals surface area contributed by atoms with Gasteiger partial charge < -0.3 is 5.32 Å². The molecule has 3 aromatic heterocycles. The first-order valence-electron chi connectivity index (χ1n) is 10.3. The number of hydrogen-bond acceptors (Lipinski definition) is 8. The lowest BCUT2D eigenvalue weighted by Crippen LogP contribution is -2.18. The molecule has 0 radical (unpaired) electrons. The van der Waals surface area contributed by atoms with Crippen LogP contribution < -0.4 is 5.32 Å². The first-order valence-corrected chi connectivity index (χ1v) is 10.3. The molecule has 0 aliphatic heterocycles. The average Bonchev–Trinajstić information content (AvgIpc) is 3.20. The molecule has 1 amide bonds. The van der Waals surface area contributed by atoms with Crippen LogP contribution in [-0.2, 0) is 24.2 Å². The van der Waals surface area contributed by atoms with Crippen molar-refractivity contribution in [3.63, 3.8) is 0 Å². The Labute approximate surface area is 184 Å². The van der Waals surface area contributed by atoms with E-state index < -0.39 is 6.17 Å². The van der Waals surface area contributed by atoms with Crippen molar-refractivity contribution < 1.29 is 14.0 Å². The number of rotatable bonds is 10. The number of halogens is 1. The molecule has 0 fully saturated rings. The summed E-state index contributed by atoms with van der Waals surface area (Å²) in [4.78, 5) is 32.3. The van der Waals surface area contributed by atoms with Gasteiger partial charge in [-0.1, -0.05) is 12.1 Å². The Balaban J connectivity index is 1.46. The van der Waals surface area contributed by atoms with Crippen LogP contribution >= 0.6 is 0 Å². The summed E-state index contributed by atoms with van der Waals surface area (Å²) in [6.07, 6.45) is 1.21. The second-order valence-corrected chi connectivity index (χ2v) is 7.44. The lowest BCUT2D eigenvalue weighted by molar-refractivity contribution is -0.115. The molecule has 1 N–H and O–H groups in total. The van der Waals surface area contributed by atoms with Gasteiger partial charge in [0.1, 0.15) is 17.7 Å². The molecule has 3 aromatic rings. The quantitative estimate of drug-likeness (QED) is 0.475. The number of anilines is 1. The normalized spacial score (nSPS) is 11.9. The lowest BCUT2D eigenvalue weighted by Gasteiger charge is -2.08. The maximum absolute atomic E-state index is 14.3. The summed E-state index contributed by atoms with van der Waals surface area (Å²) in [6.45, 7) is 5.43. The third kappa shape index (κ3) is 6.69. The van der Waals surface area contributed by atoms with E-state index in [0.717, 1.165) is 11.4 Å². The molecular formula is C21H25FN8O2. The molecule has 3 heterocycles. The molecule has 0 aliphatic rings. The third-order valence-corrected chi connectivity index (χ3v) is 4.58. The van der Waals surface area contributed by atoms with E-state index in [4.69, 9.17) is 0 Å². The number of alkyl halides is 1. The monoisotopic (exact) mass is 440 g/mol. The van der Waals surface area contributed by atoms with Crippen LogP contribution in [0.25, 0.3) is 0 Å². The second kappa shape index (κ2) is 10.6. The van der Waals surface area contributed by atoms with Gasteiger partial charge in [0.2, 0.25) is 5.91 Å². The minimum Gasteiger partial charge on any atom is -0.309 e. The number of Topliss-reactive ketones (excluding diaryl/α,β-unsaturated/α-hetero) is 1. The maximum Gasteiger partial charge on any atom is 0.233 e. The van der Waals surface area contributed by atoms with E-state index in [1.54, 1.807) is 19.1 Å². The number of carbonyl (C=O) groups is 2. The fourth-order valence-corrected chi connectivity index (χ4v) is 3.06. The molecule has 32 heavy (non-hydrogen) atoms. The fourth-order valence-electron chi connectivity index (χ4n) is 3.06. The third-order valence-electron chi connectivity index (χ3n) is 4.58. The zero-order valence-electron chi connectivity index (χ0n) is 18.2. The van der Waals surface area contributed by atoms with Gasteiger partial charge in [-0.2, -0.15) is 5.10 Å². The minimum absolute atomic E-state index is 0.00602. The SMILES string of the molecule is CCC(=O)c1cn(C[C@H](F)CCc2ccc(NC(=O)Cc3nc(C)cc(C)n3)nn2)nn1. The highest BCUT2D eigenvalue weighted by Crippen LogP contribution is 2.10. The van der Waals surface area contributed by atoms with E-state index in [1.807, 2.05) is 19.9 Å². The summed E-state index contributed by atoms with van der Waals surface area (Å²) < 4.78 is 15.6. The van der Waals surface area contributed by atoms with Gasteiger partial charge in [-0.05, 0) is 44.9 Å². The van der Waals surface area contributed by atoms with Crippen molar-refractivity contribution in [2.24, 2.45) is 0 Å². The largest absolute Gasteiger partial charge is 0.309 e. The van der Waals surface area contributed by atoms with Crippen LogP contribution in [0.3, 0.4) is 0 Å². The van der Waals surface area contributed by atoms with Gasteiger partial charge in [0, 0.05) is 17.8 Å². The number of nitrogens with zero attached hydrogens (tertiary/aromatic N) is 7. The van der Waals surface area contributed by atoms with Crippen molar-refractivity contribution in [2.45, 2.75) is 59.2 Å². The van der Waals surface area contributed by atoms with Gasteiger partial charge in [-0.25, -0.2) is 19.0 Å². The molecule has 0 spiro atoms. The van der Waals surface area contributed by atoms with Crippen molar-refractivity contribution in [3.05, 3.63) is 53.0 Å². The van der Waals surface area contributed by atoms with Crippen LogP contribution in [0, 0.1) is 13.8 Å². The number of hydrogen-bond donors (Lipinski definition) is 1. The first-order chi connectivity index (χ1) is 15.3. The molecule has 1 atom stereocenters. The highest BCUT2D eigenvalue weighted by Gasteiger charge is 2.14. The number of carbonyl (C=O) groups excluding carboxylic acids is 2. The Hall–Kier alpha value is -3.63.